The fraction of sp³-hybridized carbons (Fsp3) is 0.533. The fourth-order valence-electron chi connectivity index (χ4n) is 1.61. The molecule has 1 atom stereocenters. The maximum Gasteiger partial charge on any atom is 0.130 e. The van der Waals surface area contributed by atoms with Gasteiger partial charge in [-0.2, -0.15) is 5.26 Å². The van der Waals surface area contributed by atoms with Crippen LogP contribution in [0.1, 0.15) is 18.9 Å². The first-order chi connectivity index (χ1) is 9.30. The van der Waals surface area contributed by atoms with Crippen molar-refractivity contribution in [3.63, 3.8) is 0 Å². The summed E-state index contributed by atoms with van der Waals surface area (Å²) in [6.07, 6.45) is 1.90. The average Bonchev–Trinajstić information content (AvgIpc) is 2.46. The predicted molar refractivity (Wildman–Crippen MR) is 75.2 cm³/mol. The molecule has 0 radical (unpaired) electrons. The lowest BCUT2D eigenvalue weighted by Crippen LogP contribution is -2.33. The number of nitrogens with zero attached hydrogens (tertiary/aromatic N) is 1. The van der Waals surface area contributed by atoms with Crippen molar-refractivity contribution in [2.75, 3.05) is 26.9 Å². The second kappa shape index (κ2) is 9.37. The van der Waals surface area contributed by atoms with Gasteiger partial charge in [0, 0.05) is 7.11 Å². The molecular formula is C15H22N2O2. The fourth-order valence-corrected chi connectivity index (χ4v) is 1.61. The van der Waals surface area contributed by atoms with Gasteiger partial charge in [0.2, 0.25) is 0 Å². The monoisotopic (exact) mass is 262 g/mol. The first-order valence-corrected chi connectivity index (χ1v) is 6.63. The maximum atomic E-state index is 8.97. The summed E-state index contributed by atoms with van der Waals surface area (Å²) in [4.78, 5) is 0. The molecule has 19 heavy (non-hydrogen) atoms. The number of benzene rings is 1. The molecule has 0 heterocycles. The Morgan fingerprint density at radius 1 is 1.32 bits per heavy atom. The Kier molecular flexibility index (Phi) is 7.64. The van der Waals surface area contributed by atoms with Crippen molar-refractivity contribution < 1.29 is 9.47 Å². The van der Waals surface area contributed by atoms with Gasteiger partial charge in [-0.25, -0.2) is 0 Å². The smallest absolute Gasteiger partial charge is 0.130 e. The first-order valence-electron chi connectivity index (χ1n) is 6.63. The van der Waals surface area contributed by atoms with Crippen LogP contribution in [0, 0.1) is 11.3 Å². The Hall–Kier alpha value is -1.57. The van der Waals surface area contributed by atoms with Crippen molar-refractivity contribution in [3.8, 4) is 11.8 Å². The zero-order chi connectivity index (χ0) is 13.9. The van der Waals surface area contributed by atoms with Crippen LogP contribution in [0.25, 0.3) is 0 Å². The lowest BCUT2D eigenvalue weighted by atomic mass is 10.1. The van der Waals surface area contributed by atoms with Crippen LogP contribution in [0.3, 0.4) is 0 Å². The molecule has 0 aliphatic heterocycles. The molecule has 1 unspecified atom stereocenters. The molecule has 1 aromatic rings. The van der Waals surface area contributed by atoms with E-state index in [1.54, 1.807) is 7.11 Å². The topological polar surface area (TPSA) is 54.3 Å². The number of methoxy groups -OCH3 is 1. The van der Waals surface area contributed by atoms with Gasteiger partial charge in [-0.15, -0.1) is 0 Å². The lowest BCUT2D eigenvalue weighted by molar-refractivity contribution is 0.202. The van der Waals surface area contributed by atoms with E-state index in [1.165, 1.54) is 5.56 Å². The summed E-state index contributed by atoms with van der Waals surface area (Å²) in [6.45, 7) is 3.99. The molecule has 0 aliphatic carbocycles. The van der Waals surface area contributed by atoms with Crippen LogP contribution in [-0.4, -0.2) is 32.9 Å². The Morgan fingerprint density at radius 2 is 2.05 bits per heavy atom. The molecule has 0 fully saturated rings. The molecular weight excluding hydrogens is 240 g/mol. The van der Waals surface area contributed by atoms with E-state index in [0.717, 1.165) is 31.7 Å². The molecule has 0 bridgehead atoms. The van der Waals surface area contributed by atoms with Crippen LogP contribution in [0.15, 0.2) is 24.3 Å². The van der Waals surface area contributed by atoms with Crippen molar-refractivity contribution in [2.24, 2.45) is 0 Å². The molecule has 1 aromatic carbocycles. The molecule has 1 rings (SSSR count). The van der Waals surface area contributed by atoms with Gasteiger partial charge in [0.15, 0.2) is 0 Å². The van der Waals surface area contributed by atoms with Crippen LogP contribution in [0.2, 0.25) is 0 Å². The molecule has 0 spiro atoms. The number of nitriles is 1. The highest BCUT2D eigenvalue weighted by Gasteiger charge is 2.06. The van der Waals surface area contributed by atoms with Gasteiger partial charge in [0.25, 0.3) is 0 Å². The summed E-state index contributed by atoms with van der Waals surface area (Å²) in [5.41, 5.74) is 1.22. The summed E-state index contributed by atoms with van der Waals surface area (Å²) in [6, 6.07) is 9.84. The minimum Gasteiger partial charge on any atom is -0.491 e. The zero-order valence-electron chi connectivity index (χ0n) is 11.7. The molecule has 0 aromatic heterocycles. The van der Waals surface area contributed by atoms with Gasteiger partial charge in [-0.05, 0) is 37.1 Å². The van der Waals surface area contributed by atoms with E-state index in [0.29, 0.717) is 6.61 Å². The molecule has 0 saturated heterocycles. The summed E-state index contributed by atoms with van der Waals surface area (Å²) >= 11 is 0. The van der Waals surface area contributed by atoms with E-state index in [-0.39, 0.29) is 6.04 Å². The summed E-state index contributed by atoms with van der Waals surface area (Å²) < 4.78 is 10.6. The zero-order valence-corrected chi connectivity index (χ0v) is 11.7. The second-order valence-corrected chi connectivity index (χ2v) is 4.33. The Bertz CT molecular complexity index is 384. The Labute approximate surface area is 115 Å². The largest absolute Gasteiger partial charge is 0.491 e. The van der Waals surface area contributed by atoms with Gasteiger partial charge in [-0.1, -0.05) is 19.1 Å². The van der Waals surface area contributed by atoms with Gasteiger partial charge < -0.3 is 9.47 Å². The number of hydrogen-bond donors (Lipinski definition) is 1. The minimum absolute atomic E-state index is 0.256. The maximum absolute atomic E-state index is 8.97. The molecule has 4 heteroatoms. The van der Waals surface area contributed by atoms with Crippen molar-refractivity contribution in [2.45, 2.75) is 25.8 Å². The van der Waals surface area contributed by atoms with E-state index >= 15 is 0 Å². The van der Waals surface area contributed by atoms with Gasteiger partial charge in [-0.3, -0.25) is 5.32 Å². The molecule has 0 amide bonds. The first kappa shape index (κ1) is 15.5. The number of hydrogen-bond acceptors (Lipinski definition) is 4. The van der Waals surface area contributed by atoms with Crippen LogP contribution in [0.5, 0.6) is 5.75 Å². The third-order valence-corrected chi connectivity index (χ3v) is 2.73. The van der Waals surface area contributed by atoms with Gasteiger partial charge >= 0.3 is 0 Å². The molecule has 1 N–H and O–H groups in total. The highest BCUT2D eigenvalue weighted by molar-refractivity contribution is 5.27. The molecule has 0 saturated carbocycles. The normalized spacial score (nSPS) is 11.8. The molecule has 104 valence electrons. The third kappa shape index (κ3) is 6.23. The predicted octanol–water partition coefficient (Wildman–Crippen LogP) is 2.15. The van der Waals surface area contributed by atoms with E-state index in [4.69, 9.17) is 14.7 Å². The SMILES string of the molecule is CCCNC(C#N)COc1ccc(CCOC)cc1. The van der Waals surface area contributed by atoms with E-state index < -0.39 is 0 Å². The summed E-state index contributed by atoms with van der Waals surface area (Å²) in [5, 5.41) is 12.1. The molecule has 0 aliphatic rings. The van der Waals surface area contributed by atoms with Gasteiger partial charge in [0.05, 0.1) is 12.7 Å². The molecule has 4 nitrogen and oxygen atoms in total. The number of rotatable bonds is 9. The highest BCUT2D eigenvalue weighted by atomic mass is 16.5. The average molecular weight is 262 g/mol. The van der Waals surface area contributed by atoms with E-state index in [9.17, 15) is 0 Å². The Morgan fingerprint density at radius 3 is 2.63 bits per heavy atom. The van der Waals surface area contributed by atoms with Crippen LogP contribution in [-0.2, 0) is 11.2 Å². The number of nitrogens with one attached hydrogen (secondary N) is 1. The van der Waals surface area contributed by atoms with Crippen molar-refractivity contribution in [1.29, 1.82) is 5.26 Å². The summed E-state index contributed by atoms with van der Waals surface area (Å²) in [5.74, 6) is 0.791. The minimum atomic E-state index is -0.256. The van der Waals surface area contributed by atoms with E-state index in [2.05, 4.69) is 18.3 Å². The summed E-state index contributed by atoms with van der Waals surface area (Å²) in [7, 11) is 1.70. The van der Waals surface area contributed by atoms with Crippen molar-refractivity contribution in [3.05, 3.63) is 29.8 Å². The third-order valence-electron chi connectivity index (χ3n) is 2.73. The standard InChI is InChI=1S/C15H22N2O2/c1-3-9-17-14(11-16)12-19-15-6-4-13(5-7-15)8-10-18-2/h4-7,14,17H,3,8-10,12H2,1-2H3. The van der Waals surface area contributed by atoms with E-state index in [1.807, 2.05) is 24.3 Å². The quantitative estimate of drug-likeness (QED) is 0.741. The lowest BCUT2D eigenvalue weighted by Gasteiger charge is -2.12. The van der Waals surface area contributed by atoms with Gasteiger partial charge in [0.1, 0.15) is 18.4 Å². The van der Waals surface area contributed by atoms with Crippen LogP contribution in [0.4, 0.5) is 0 Å². The second-order valence-electron chi connectivity index (χ2n) is 4.33. The Balaban J connectivity index is 2.38. The number of ether oxygens (including phenoxy) is 2. The van der Waals surface area contributed by atoms with Crippen molar-refractivity contribution in [1.82, 2.24) is 5.32 Å². The highest BCUT2D eigenvalue weighted by Crippen LogP contribution is 2.12. The van der Waals surface area contributed by atoms with Crippen LogP contribution >= 0.6 is 0 Å². The van der Waals surface area contributed by atoms with Crippen LogP contribution < -0.4 is 10.1 Å². The van der Waals surface area contributed by atoms with Crippen molar-refractivity contribution >= 4 is 0 Å².